The standard InChI is InChI=1S/C14H23N3O/c1-2-13(16)14(18)17(10-6-9-15)11-12-7-4-3-5-8-12/h3-5,7-8,13H,2,6,9-11,15-16H2,1H3/t13-/m0/s1. The number of carbonyl (C=O) groups is 1. The average molecular weight is 249 g/mol. The number of hydrogen-bond acceptors (Lipinski definition) is 3. The van der Waals surface area contributed by atoms with E-state index < -0.39 is 6.04 Å². The van der Waals surface area contributed by atoms with Crippen LogP contribution in [0.2, 0.25) is 0 Å². The van der Waals surface area contributed by atoms with Crippen LogP contribution in [0.3, 0.4) is 0 Å². The molecule has 1 atom stereocenters. The average Bonchev–Trinajstić information content (AvgIpc) is 2.42. The van der Waals surface area contributed by atoms with Crippen molar-refractivity contribution in [2.75, 3.05) is 13.1 Å². The monoisotopic (exact) mass is 249 g/mol. The van der Waals surface area contributed by atoms with Gasteiger partial charge in [-0.05, 0) is 24.9 Å². The van der Waals surface area contributed by atoms with E-state index in [1.54, 1.807) is 4.90 Å². The zero-order valence-corrected chi connectivity index (χ0v) is 11.0. The molecule has 0 saturated carbocycles. The van der Waals surface area contributed by atoms with Gasteiger partial charge >= 0.3 is 0 Å². The number of benzene rings is 1. The molecule has 1 rings (SSSR count). The molecule has 1 aromatic carbocycles. The molecule has 4 N–H and O–H groups in total. The van der Waals surface area contributed by atoms with E-state index in [2.05, 4.69) is 0 Å². The minimum Gasteiger partial charge on any atom is -0.337 e. The molecule has 0 aliphatic carbocycles. The van der Waals surface area contributed by atoms with Crippen LogP contribution in [0.1, 0.15) is 25.3 Å². The highest BCUT2D eigenvalue weighted by Crippen LogP contribution is 2.07. The summed E-state index contributed by atoms with van der Waals surface area (Å²) in [5.41, 5.74) is 12.4. The zero-order valence-electron chi connectivity index (χ0n) is 11.0. The maximum Gasteiger partial charge on any atom is 0.239 e. The fourth-order valence-corrected chi connectivity index (χ4v) is 1.76. The highest BCUT2D eigenvalue weighted by Gasteiger charge is 2.19. The van der Waals surface area contributed by atoms with Crippen molar-refractivity contribution in [3.05, 3.63) is 35.9 Å². The van der Waals surface area contributed by atoms with Gasteiger partial charge in [0.1, 0.15) is 0 Å². The summed E-state index contributed by atoms with van der Waals surface area (Å²) >= 11 is 0. The lowest BCUT2D eigenvalue weighted by molar-refractivity contribution is -0.133. The van der Waals surface area contributed by atoms with Crippen molar-refractivity contribution >= 4 is 5.91 Å². The molecule has 0 saturated heterocycles. The first-order valence-electron chi connectivity index (χ1n) is 6.47. The van der Waals surface area contributed by atoms with Gasteiger partial charge in [-0.2, -0.15) is 0 Å². The minimum absolute atomic E-state index is 0.00908. The van der Waals surface area contributed by atoms with E-state index >= 15 is 0 Å². The Morgan fingerprint density at radius 2 is 2.00 bits per heavy atom. The second kappa shape index (κ2) is 7.84. The molecule has 1 amide bonds. The van der Waals surface area contributed by atoms with E-state index in [9.17, 15) is 4.79 Å². The van der Waals surface area contributed by atoms with Crippen molar-refractivity contribution in [2.24, 2.45) is 11.5 Å². The quantitative estimate of drug-likeness (QED) is 0.760. The molecule has 18 heavy (non-hydrogen) atoms. The molecule has 0 aliphatic rings. The predicted molar refractivity (Wildman–Crippen MR) is 73.8 cm³/mol. The van der Waals surface area contributed by atoms with E-state index in [-0.39, 0.29) is 5.91 Å². The van der Waals surface area contributed by atoms with Crippen LogP contribution < -0.4 is 11.5 Å². The highest BCUT2D eigenvalue weighted by atomic mass is 16.2. The Bertz CT molecular complexity index is 353. The molecule has 0 heterocycles. The minimum atomic E-state index is -0.411. The first kappa shape index (κ1) is 14.7. The summed E-state index contributed by atoms with van der Waals surface area (Å²) < 4.78 is 0. The summed E-state index contributed by atoms with van der Waals surface area (Å²) in [6.45, 7) is 3.78. The SMILES string of the molecule is CC[C@H](N)C(=O)N(CCCN)Cc1ccccc1. The fourth-order valence-electron chi connectivity index (χ4n) is 1.76. The van der Waals surface area contributed by atoms with Crippen LogP contribution >= 0.6 is 0 Å². The summed E-state index contributed by atoms with van der Waals surface area (Å²) in [5.74, 6) is 0.00908. The van der Waals surface area contributed by atoms with Crippen LogP contribution in [0, 0.1) is 0 Å². The van der Waals surface area contributed by atoms with Crippen LogP contribution in [0.15, 0.2) is 30.3 Å². The Hall–Kier alpha value is -1.39. The van der Waals surface area contributed by atoms with Crippen molar-refractivity contribution in [1.82, 2.24) is 4.90 Å². The van der Waals surface area contributed by atoms with E-state index in [0.717, 1.165) is 12.0 Å². The molecule has 1 aromatic rings. The van der Waals surface area contributed by atoms with Crippen molar-refractivity contribution in [3.8, 4) is 0 Å². The lowest BCUT2D eigenvalue weighted by atomic mass is 10.1. The van der Waals surface area contributed by atoms with Gasteiger partial charge in [-0.3, -0.25) is 4.79 Å². The van der Waals surface area contributed by atoms with Crippen LogP contribution in [0.25, 0.3) is 0 Å². The lowest BCUT2D eigenvalue weighted by Crippen LogP contribution is -2.43. The third kappa shape index (κ3) is 4.47. The van der Waals surface area contributed by atoms with Crippen molar-refractivity contribution in [2.45, 2.75) is 32.4 Å². The summed E-state index contributed by atoms with van der Waals surface area (Å²) in [7, 11) is 0. The molecule has 4 nitrogen and oxygen atoms in total. The van der Waals surface area contributed by atoms with E-state index in [1.807, 2.05) is 37.3 Å². The van der Waals surface area contributed by atoms with E-state index in [1.165, 1.54) is 0 Å². The number of hydrogen-bond donors (Lipinski definition) is 2. The topological polar surface area (TPSA) is 72.4 Å². The Labute approximate surface area is 109 Å². The molecular formula is C14H23N3O. The van der Waals surface area contributed by atoms with Gasteiger partial charge in [0, 0.05) is 13.1 Å². The highest BCUT2D eigenvalue weighted by molar-refractivity contribution is 5.81. The van der Waals surface area contributed by atoms with Crippen LogP contribution in [-0.4, -0.2) is 29.9 Å². The van der Waals surface area contributed by atoms with Gasteiger partial charge < -0.3 is 16.4 Å². The molecule has 0 unspecified atom stereocenters. The summed E-state index contributed by atoms with van der Waals surface area (Å²) in [6.07, 6.45) is 1.46. The van der Waals surface area contributed by atoms with Crippen LogP contribution in [0.5, 0.6) is 0 Å². The van der Waals surface area contributed by atoms with Gasteiger partial charge in [-0.25, -0.2) is 0 Å². The third-order valence-electron chi connectivity index (χ3n) is 2.92. The van der Waals surface area contributed by atoms with Crippen LogP contribution in [-0.2, 0) is 11.3 Å². The molecule has 4 heteroatoms. The molecule has 0 aromatic heterocycles. The van der Waals surface area contributed by atoms with Gasteiger partial charge in [-0.15, -0.1) is 0 Å². The maximum absolute atomic E-state index is 12.1. The van der Waals surface area contributed by atoms with Gasteiger partial charge in [0.05, 0.1) is 6.04 Å². The Kier molecular flexibility index (Phi) is 6.39. The van der Waals surface area contributed by atoms with Crippen LogP contribution in [0.4, 0.5) is 0 Å². The first-order valence-corrected chi connectivity index (χ1v) is 6.47. The zero-order chi connectivity index (χ0) is 13.4. The molecule has 0 bridgehead atoms. The maximum atomic E-state index is 12.1. The van der Waals surface area contributed by atoms with Gasteiger partial charge in [0.15, 0.2) is 0 Å². The number of amides is 1. The molecule has 0 fully saturated rings. The summed E-state index contributed by atoms with van der Waals surface area (Å²) in [5, 5.41) is 0. The summed E-state index contributed by atoms with van der Waals surface area (Å²) in [6, 6.07) is 9.53. The summed E-state index contributed by atoms with van der Waals surface area (Å²) in [4.78, 5) is 13.9. The number of carbonyl (C=O) groups excluding carboxylic acids is 1. The van der Waals surface area contributed by atoms with E-state index in [4.69, 9.17) is 11.5 Å². The smallest absolute Gasteiger partial charge is 0.239 e. The predicted octanol–water partition coefficient (Wildman–Crippen LogP) is 1.10. The van der Waals surface area contributed by atoms with Crippen molar-refractivity contribution < 1.29 is 4.79 Å². The lowest BCUT2D eigenvalue weighted by Gasteiger charge is -2.25. The Morgan fingerprint density at radius 1 is 1.33 bits per heavy atom. The number of nitrogens with two attached hydrogens (primary N) is 2. The van der Waals surface area contributed by atoms with Gasteiger partial charge in [-0.1, -0.05) is 37.3 Å². The van der Waals surface area contributed by atoms with E-state index in [0.29, 0.717) is 26.1 Å². The molecule has 100 valence electrons. The number of rotatable bonds is 7. The third-order valence-corrected chi connectivity index (χ3v) is 2.92. The van der Waals surface area contributed by atoms with Crippen molar-refractivity contribution in [3.63, 3.8) is 0 Å². The second-order valence-corrected chi connectivity index (χ2v) is 4.40. The normalized spacial score (nSPS) is 12.2. The fraction of sp³-hybridized carbons (Fsp3) is 0.500. The molecule has 0 spiro atoms. The Balaban J connectivity index is 2.69. The number of nitrogens with zero attached hydrogens (tertiary/aromatic N) is 1. The Morgan fingerprint density at radius 3 is 2.56 bits per heavy atom. The first-order chi connectivity index (χ1) is 8.69. The molecule has 0 aliphatic heterocycles. The molecule has 0 radical (unpaired) electrons. The molecular weight excluding hydrogens is 226 g/mol. The van der Waals surface area contributed by atoms with Crippen molar-refractivity contribution in [1.29, 1.82) is 0 Å². The van der Waals surface area contributed by atoms with Gasteiger partial charge in [0.25, 0.3) is 0 Å². The second-order valence-electron chi connectivity index (χ2n) is 4.40. The van der Waals surface area contributed by atoms with Gasteiger partial charge in [0.2, 0.25) is 5.91 Å². The largest absolute Gasteiger partial charge is 0.337 e.